The van der Waals surface area contributed by atoms with E-state index in [1.807, 2.05) is 66.7 Å². The molecule has 0 bridgehead atoms. The molecular weight excluding hydrogens is 406 g/mol. The van der Waals surface area contributed by atoms with Crippen molar-refractivity contribution in [3.8, 4) is 0 Å². The zero-order chi connectivity index (χ0) is 23.9. The maximum absolute atomic E-state index is 13.2. The van der Waals surface area contributed by atoms with Crippen molar-refractivity contribution in [3.63, 3.8) is 0 Å². The molecule has 0 N–H and O–H groups in total. The van der Waals surface area contributed by atoms with E-state index in [0.717, 1.165) is 17.6 Å². The first kappa shape index (κ1) is 24.6. The molecule has 3 aromatic rings. The molecule has 0 radical (unpaired) electrons. The highest BCUT2D eigenvalue weighted by Gasteiger charge is 2.38. The van der Waals surface area contributed by atoms with Gasteiger partial charge in [0, 0.05) is 34.9 Å². The Morgan fingerprint density at radius 3 is 1.52 bits per heavy atom. The number of ketones is 2. The number of quaternary nitrogens is 1. The van der Waals surface area contributed by atoms with Crippen molar-refractivity contribution in [1.82, 2.24) is 0 Å². The van der Waals surface area contributed by atoms with Crippen molar-refractivity contribution in [2.24, 2.45) is 11.3 Å². The van der Waals surface area contributed by atoms with Crippen LogP contribution in [0.25, 0.3) is 0 Å². The molecule has 0 aliphatic heterocycles. The third-order valence-corrected chi connectivity index (χ3v) is 6.45. The van der Waals surface area contributed by atoms with Gasteiger partial charge in [0.05, 0.1) is 20.6 Å². The quantitative estimate of drug-likeness (QED) is 0.252. The van der Waals surface area contributed by atoms with E-state index in [0.29, 0.717) is 24.0 Å². The van der Waals surface area contributed by atoms with Crippen molar-refractivity contribution in [3.05, 3.63) is 108 Å². The topological polar surface area (TPSA) is 34.1 Å². The van der Waals surface area contributed by atoms with Crippen LogP contribution in [-0.2, 0) is 6.54 Å². The van der Waals surface area contributed by atoms with Crippen LogP contribution in [0.5, 0.6) is 0 Å². The highest BCUT2D eigenvalue weighted by Crippen LogP contribution is 2.36. The van der Waals surface area contributed by atoms with E-state index >= 15 is 0 Å². The lowest BCUT2D eigenvalue weighted by atomic mass is 9.72. The fourth-order valence-corrected chi connectivity index (χ4v) is 4.92. The third kappa shape index (κ3) is 7.23. The van der Waals surface area contributed by atoms with E-state index < -0.39 is 0 Å². The van der Waals surface area contributed by atoms with E-state index in [-0.39, 0.29) is 22.9 Å². The Kier molecular flexibility index (Phi) is 7.99. The Bertz CT molecular complexity index is 987. The molecule has 0 unspecified atom stereocenters. The van der Waals surface area contributed by atoms with E-state index in [9.17, 15) is 9.59 Å². The maximum Gasteiger partial charge on any atom is 0.163 e. The molecule has 0 atom stereocenters. The zero-order valence-electron chi connectivity index (χ0n) is 20.3. The predicted octanol–water partition coefficient (Wildman–Crippen LogP) is 6.45. The molecule has 0 aliphatic carbocycles. The van der Waals surface area contributed by atoms with Crippen LogP contribution in [0.4, 0.5) is 0 Å². The molecule has 0 spiro atoms. The van der Waals surface area contributed by atoms with Gasteiger partial charge in [-0.15, -0.1) is 0 Å². The van der Waals surface area contributed by atoms with Gasteiger partial charge in [0.25, 0.3) is 0 Å². The first-order valence-electron chi connectivity index (χ1n) is 11.7. The molecule has 33 heavy (non-hydrogen) atoms. The van der Waals surface area contributed by atoms with Gasteiger partial charge in [-0.1, -0.05) is 105 Å². The Hall–Kier alpha value is -3.04. The summed E-state index contributed by atoms with van der Waals surface area (Å²) in [6, 6.07) is 29.3. The summed E-state index contributed by atoms with van der Waals surface area (Å²) >= 11 is 0. The average Bonchev–Trinajstić information content (AvgIpc) is 2.79. The minimum absolute atomic E-state index is 0.0638. The molecule has 3 rings (SSSR count). The highest BCUT2D eigenvalue weighted by molar-refractivity contribution is 5.98. The number of hydrogen-bond acceptors (Lipinski definition) is 2. The van der Waals surface area contributed by atoms with Crippen LogP contribution in [0.3, 0.4) is 0 Å². The second kappa shape index (κ2) is 10.7. The maximum atomic E-state index is 13.2. The smallest absolute Gasteiger partial charge is 0.163 e. The molecular formula is C30H36NO2+. The summed E-state index contributed by atoms with van der Waals surface area (Å²) in [7, 11) is 4.45. The molecule has 0 saturated carbocycles. The predicted molar refractivity (Wildman–Crippen MR) is 135 cm³/mol. The Morgan fingerprint density at radius 2 is 1.09 bits per heavy atom. The van der Waals surface area contributed by atoms with Crippen LogP contribution < -0.4 is 0 Å². The SMILES string of the molecule is CC(C)(C[N+](C)(C)Cc1ccccc1)C(CC(=O)c1ccccc1)CC(=O)c1ccccc1. The van der Waals surface area contributed by atoms with Crippen LogP contribution in [0, 0.1) is 11.3 Å². The van der Waals surface area contributed by atoms with Crippen molar-refractivity contribution < 1.29 is 14.1 Å². The van der Waals surface area contributed by atoms with Crippen molar-refractivity contribution >= 4 is 11.6 Å². The molecule has 0 heterocycles. The van der Waals surface area contributed by atoms with Crippen molar-refractivity contribution in [2.75, 3.05) is 20.6 Å². The number of Topliss-reactive ketones (excluding diaryl/α,β-unsaturated/α-hetero) is 2. The van der Waals surface area contributed by atoms with Gasteiger partial charge in [0.2, 0.25) is 0 Å². The minimum atomic E-state index is -0.215. The van der Waals surface area contributed by atoms with Gasteiger partial charge < -0.3 is 4.48 Å². The van der Waals surface area contributed by atoms with Gasteiger partial charge in [-0.3, -0.25) is 9.59 Å². The summed E-state index contributed by atoms with van der Waals surface area (Å²) in [6.07, 6.45) is 0.724. The summed E-state index contributed by atoms with van der Waals surface area (Å²) in [5.41, 5.74) is 2.50. The second-order valence-electron chi connectivity index (χ2n) is 10.4. The largest absolute Gasteiger partial charge is 0.324 e. The summed E-state index contributed by atoms with van der Waals surface area (Å²) in [6.45, 7) is 6.17. The molecule has 3 aromatic carbocycles. The summed E-state index contributed by atoms with van der Waals surface area (Å²) < 4.78 is 0.784. The fourth-order valence-electron chi connectivity index (χ4n) is 4.92. The van der Waals surface area contributed by atoms with Gasteiger partial charge in [-0.2, -0.15) is 0 Å². The molecule has 0 fully saturated rings. The molecule has 172 valence electrons. The fraction of sp³-hybridized carbons (Fsp3) is 0.333. The van der Waals surface area contributed by atoms with Gasteiger partial charge in [0.15, 0.2) is 11.6 Å². The molecule has 3 heteroatoms. The number of carbonyl (C=O) groups excluding carboxylic acids is 2. The normalized spacial score (nSPS) is 12.0. The van der Waals surface area contributed by atoms with Crippen molar-refractivity contribution in [2.45, 2.75) is 33.2 Å². The lowest BCUT2D eigenvalue weighted by molar-refractivity contribution is -0.910. The minimum Gasteiger partial charge on any atom is -0.324 e. The zero-order valence-corrected chi connectivity index (χ0v) is 20.3. The number of nitrogens with zero attached hydrogens (tertiary/aromatic N) is 1. The average molecular weight is 443 g/mol. The number of rotatable bonds is 11. The van der Waals surface area contributed by atoms with Gasteiger partial charge >= 0.3 is 0 Å². The van der Waals surface area contributed by atoms with Gasteiger partial charge in [-0.05, 0) is 5.92 Å². The molecule has 0 aromatic heterocycles. The van der Waals surface area contributed by atoms with Gasteiger partial charge in [-0.25, -0.2) is 0 Å². The second-order valence-corrected chi connectivity index (χ2v) is 10.4. The van der Waals surface area contributed by atoms with Crippen LogP contribution in [0.1, 0.15) is 53.0 Å². The number of benzene rings is 3. The Morgan fingerprint density at radius 1 is 0.697 bits per heavy atom. The summed E-state index contributed by atoms with van der Waals surface area (Å²) in [5.74, 6) is 0.136. The van der Waals surface area contributed by atoms with E-state index in [4.69, 9.17) is 0 Å². The Balaban J connectivity index is 1.82. The monoisotopic (exact) mass is 442 g/mol. The third-order valence-electron chi connectivity index (χ3n) is 6.45. The van der Waals surface area contributed by atoms with Crippen LogP contribution in [0.15, 0.2) is 91.0 Å². The molecule has 0 aliphatic rings. The van der Waals surface area contributed by atoms with Gasteiger partial charge in [0.1, 0.15) is 6.54 Å². The van der Waals surface area contributed by atoms with Crippen LogP contribution >= 0.6 is 0 Å². The Labute approximate surface area is 198 Å². The number of hydrogen-bond donors (Lipinski definition) is 0. The molecule has 0 amide bonds. The highest BCUT2D eigenvalue weighted by atomic mass is 16.1. The van der Waals surface area contributed by atoms with Crippen LogP contribution in [0.2, 0.25) is 0 Å². The standard InChI is InChI=1S/C30H36NO2/c1-30(2,23-31(3,4)22-24-14-8-5-9-15-24)27(20-28(32)25-16-10-6-11-17-25)21-29(33)26-18-12-7-13-19-26/h5-19,27H,20-23H2,1-4H3/q+1. The lowest BCUT2D eigenvalue weighted by Gasteiger charge is -2.41. The van der Waals surface area contributed by atoms with Crippen molar-refractivity contribution in [1.29, 1.82) is 0 Å². The molecule has 3 nitrogen and oxygen atoms in total. The number of carbonyl (C=O) groups is 2. The van der Waals surface area contributed by atoms with E-state index in [1.165, 1.54) is 5.56 Å². The van der Waals surface area contributed by atoms with E-state index in [2.05, 4.69) is 52.2 Å². The summed E-state index contributed by atoms with van der Waals surface area (Å²) in [5, 5.41) is 0. The van der Waals surface area contributed by atoms with E-state index in [1.54, 1.807) is 0 Å². The molecule has 0 saturated heterocycles. The lowest BCUT2D eigenvalue weighted by Crippen LogP contribution is -2.48. The summed E-state index contributed by atoms with van der Waals surface area (Å²) in [4.78, 5) is 26.3. The van der Waals surface area contributed by atoms with Crippen LogP contribution in [-0.4, -0.2) is 36.7 Å². The first-order chi connectivity index (χ1) is 15.7. The first-order valence-corrected chi connectivity index (χ1v) is 11.7.